The fourth-order valence-corrected chi connectivity index (χ4v) is 3.35. The van der Waals surface area contributed by atoms with E-state index in [1.807, 2.05) is 6.07 Å². The number of likely N-dealkylation sites (tertiary alicyclic amines) is 1. The summed E-state index contributed by atoms with van der Waals surface area (Å²) in [6.45, 7) is 4.26. The molecule has 3 N–H and O–H groups in total. The highest BCUT2D eigenvalue weighted by atomic mass is 16.5. The summed E-state index contributed by atoms with van der Waals surface area (Å²) in [5, 5.41) is 25.8. The molecule has 8 nitrogen and oxygen atoms in total. The number of hydrogen-bond donors (Lipinski definition) is 3. The van der Waals surface area contributed by atoms with Gasteiger partial charge in [0.15, 0.2) is 5.82 Å². The number of aliphatic hydroxyl groups is 2. The maximum atomic E-state index is 9.59. The standard InChI is InChI=1S/C20H31N5O3/c1-24-20(22-19(23-24)18(27)15-26)21-9-6-12-28-17-8-5-7-16(13-17)14-25-10-3-2-4-11-25/h5,7-8,13,18,26-27H,2-4,6,9-12,14-15H2,1H3,(H,21,22,23). The molecule has 0 radical (unpaired) electrons. The van der Waals surface area contributed by atoms with Gasteiger partial charge in [0, 0.05) is 20.1 Å². The number of piperidine rings is 1. The number of rotatable bonds is 10. The molecule has 1 saturated heterocycles. The first kappa shape index (κ1) is 20.6. The molecule has 1 unspecified atom stereocenters. The zero-order valence-corrected chi connectivity index (χ0v) is 16.5. The molecule has 1 aromatic heterocycles. The quantitative estimate of drug-likeness (QED) is 0.532. The van der Waals surface area contributed by atoms with Gasteiger partial charge in [0.25, 0.3) is 0 Å². The predicted molar refractivity (Wildman–Crippen MR) is 107 cm³/mol. The van der Waals surface area contributed by atoms with E-state index in [0.29, 0.717) is 19.1 Å². The number of aromatic nitrogens is 3. The maximum absolute atomic E-state index is 9.59. The molecule has 154 valence electrons. The highest BCUT2D eigenvalue weighted by Gasteiger charge is 2.14. The fourth-order valence-electron chi connectivity index (χ4n) is 3.35. The minimum atomic E-state index is -1.05. The number of nitrogens with zero attached hydrogens (tertiary/aromatic N) is 4. The lowest BCUT2D eigenvalue weighted by Gasteiger charge is -2.26. The highest BCUT2D eigenvalue weighted by molar-refractivity contribution is 5.28. The fraction of sp³-hybridized carbons (Fsp3) is 0.600. The summed E-state index contributed by atoms with van der Waals surface area (Å²) >= 11 is 0. The van der Waals surface area contributed by atoms with Crippen LogP contribution >= 0.6 is 0 Å². The smallest absolute Gasteiger partial charge is 0.221 e. The van der Waals surface area contributed by atoms with Crippen molar-refractivity contribution in [3.05, 3.63) is 35.7 Å². The zero-order chi connectivity index (χ0) is 19.8. The van der Waals surface area contributed by atoms with Crippen LogP contribution in [-0.4, -0.2) is 62.7 Å². The predicted octanol–water partition coefficient (Wildman–Crippen LogP) is 1.71. The third-order valence-corrected chi connectivity index (χ3v) is 4.88. The third kappa shape index (κ3) is 5.92. The monoisotopic (exact) mass is 389 g/mol. The molecule has 0 bridgehead atoms. The van der Waals surface area contributed by atoms with Crippen molar-refractivity contribution in [3.63, 3.8) is 0 Å². The molecule has 3 rings (SSSR count). The summed E-state index contributed by atoms with van der Waals surface area (Å²) in [6, 6.07) is 8.35. The number of hydrogen-bond acceptors (Lipinski definition) is 7. The van der Waals surface area contributed by atoms with E-state index < -0.39 is 12.7 Å². The second-order valence-electron chi connectivity index (χ2n) is 7.23. The van der Waals surface area contributed by atoms with Crippen molar-refractivity contribution in [1.82, 2.24) is 19.7 Å². The number of nitrogens with one attached hydrogen (secondary N) is 1. The van der Waals surface area contributed by atoms with Gasteiger partial charge in [-0.2, -0.15) is 10.1 Å². The van der Waals surface area contributed by atoms with E-state index in [1.54, 1.807) is 11.7 Å². The molecule has 1 atom stereocenters. The van der Waals surface area contributed by atoms with Crippen LogP contribution in [0.15, 0.2) is 24.3 Å². The van der Waals surface area contributed by atoms with Crippen LogP contribution in [0.4, 0.5) is 5.95 Å². The number of aliphatic hydroxyl groups excluding tert-OH is 2. The second-order valence-corrected chi connectivity index (χ2v) is 7.23. The normalized spacial score (nSPS) is 16.1. The molecule has 8 heteroatoms. The van der Waals surface area contributed by atoms with Gasteiger partial charge in [-0.1, -0.05) is 18.6 Å². The maximum Gasteiger partial charge on any atom is 0.221 e. The van der Waals surface area contributed by atoms with E-state index in [9.17, 15) is 5.11 Å². The summed E-state index contributed by atoms with van der Waals surface area (Å²) in [5.41, 5.74) is 1.30. The molecule has 1 aliphatic rings. The zero-order valence-electron chi connectivity index (χ0n) is 16.5. The Bertz CT molecular complexity index is 730. The van der Waals surface area contributed by atoms with E-state index in [1.165, 1.54) is 37.9 Å². The minimum absolute atomic E-state index is 0.217. The van der Waals surface area contributed by atoms with Gasteiger partial charge >= 0.3 is 0 Å². The van der Waals surface area contributed by atoms with E-state index in [-0.39, 0.29) is 5.82 Å². The van der Waals surface area contributed by atoms with Crippen molar-refractivity contribution in [2.45, 2.75) is 38.3 Å². The average Bonchev–Trinajstić information content (AvgIpc) is 3.09. The first-order chi connectivity index (χ1) is 13.7. The largest absolute Gasteiger partial charge is 0.494 e. The molecule has 1 aromatic carbocycles. The first-order valence-corrected chi connectivity index (χ1v) is 10.0. The van der Waals surface area contributed by atoms with Gasteiger partial charge in [-0.25, -0.2) is 4.68 Å². The molecule has 0 saturated carbocycles. The van der Waals surface area contributed by atoms with Crippen LogP contribution in [0.25, 0.3) is 0 Å². The number of anilines is 1. The van der Waals surface area contributed by atoms with E-state index in [2.05, 4.69) is 38.5 Å². The summed E-state index contributed by atoms with van der Waals surface area (Å²) in [4.78, 5) is 6.70. The molecule has 28 heavy (non-hydrogen) atoms. The first-order valence-electron chi connectivity index (χ1n) is 10.0. The van der Waals surface area contributed by atoms with Gasteiger partial charge in [0.1, 0.15) is 11.9 Å². The molecular formula is C20H31N5O3. The van der Waals surface area contributed by atoms with Gasteiger partial charge < -0.3 is 20.3 Å². The highest BCUT2D eigenvalue weighted by Crippen LogP contribution is 2.18. The van der Waals surface area contributed by atoms with Crippen LogP contribution in [0, 0.1) is 0 Å². The van der Waals surface area contributed by atoms with Gasteiger partial charge in [0.2, 0.25) is 5.95 Å². The summed E-state index contributed by atoms with van der Waals surface area (Å²) in [6.07, 6.45) is 3.71. The Morgan fingerprint density at radius 3 is 2.86 bits per heavy atom. The lowest BCUT2D eigenvalue weighted by molar-refractivity contribution is 0.0886. The van der Waals surface area contributed by atoms with E-state index in [4.69, 9.17) is 9.84 Å². The van der Waals surface area contributed by atoms with Gasteiger partial charge in [-0.3, -0.25) is 4.90 Å². The Morgan fingerprint density at radius 1 is 1.25 bits per heavy atom. The van der Waals surface area contributed by atoms with Crippen molar-refractivity contribution >= 4 is 5.95 Å². The molecule has 2 aromatic rings. The second kappa shape index (κ2) is 10.4. The Hall–Kier alpha value is -2.16. The summed E-state index contributed by atoms with van der Waals surface area (Å²) < 4.78 is 7.45. The lowest BCUT2D eigenvalue weighted by atomic mass is 10.1. The van der Waals surface area contributed by atoms with Crippen LogP contribution in [0.5, 0.6) is 5.75 Å². The molecular weight excluding hydrogens is 358 g/mol. The van der Waals surface area contributed by atoms with E-state index >= 15 is 0 Å². The molecule has 1 fully saturated rings. The molecule has 0 aliphatic carbocycles. The van der Waals surface area contributed by atoms with Crippen LogP contribution in [0.2, 0.25) is 0 Å². The Labute approximate surface area is 166 Å². The van der Waals surface area contributed by atoms with Crippen molar-refractivity contribution < 1.29 is 14.9 Å². The topological polar surface area (TPSA) is 95.7 Å². The Balaban J connectivity index is 1.39. The SMILES string of the molecule is Cn1nc(C(O)CO)nc1NCCCOc1cccc(CN2CCCCC2)c1. The van der Waals surface area contributed by atoms with Crippen molar-refractivity contribution in [2.24, 2.45) is 7.05 Å². The summed E-state index contributed by atoms with van der Waals surface area (Å²) in [5.74, 6) is 1.68. The van der Waals surface area contributed by atoms with Crippen LogP contribution in [-0.2, 0) is 13.6 Å². The Kier molecular flexibility index (Phi) is 7.64. The van der Waals surface area contributed by atoms with Crippen LogP contribution in [0.3, 0.4) is 0 Å². The average molecular weight is 390 g/mol. The minimum Gasteiger partial charge on any atom is -0.494 e. The van der Waals surface area contributed by atoms with E-state index in [0.717, 1.165) is 18.7 Å². The van der Waals surface area contributed by atoms with Crippen LogP contribution in [0.1, 0.15) is 43.2 Å². The Morgan fingerprint density at radius 2 is 2.07 bits per heavy atom. The number of ether oxygens (including phenoxy) is 1. The molecule has 0 amide bonds. The third-order valence-electron chi connectivity index (χ3n) is 4.88. The molecule has 2 heterocycles. The van der Waals surface area contributed by atoms with Gasteiger partial charge in [-0.15, -0.1) is 0 Å². The van der Waals surface area contributed by atoms with Crippen molar-refractivity contribution in [3.8, 4) is 5.75 Å². The van der Waals surface area contributed by atoms with Crippen molar-refractivity contribution in [2.75, 3.05) is 38.2 Å². The number of aryl methyl sites for hydroxylation is 1. The summed E-state index contributed by atoms with van der Waals surface area (Å²) in [7, 11) is 1.74. The van der Waals surface area contributed by atoms with Crippen LogP contribution < -0.4 is 10.1 Å². The number of benzene rings is 1. The molecule has 1 aliphatic heterocycles. The van der Waals surface area contributed by atoms with Gasteiger partial charge in [0.05, 0.1) is 13.2 Å². The van der Waals surface area contributed by atoms with Gasteiger partial charge in [-0.05, 0) is 50.0 Å². The molecule has 0 spiro atoms. The van der Waals surface area contributed by atoms with Crippen molar-refractivity contribution in [1.29, 1.82) is 0 Å². The lowest BCUT2D eigenvalue weighted by Crippen LogP contribution is -2.29.